The Hall–Kier alpha value is -0.640. The Bertz CT molecular complexity index is 257. The van der Waals surface area contributed by atoms with Gasteiger partial charge < -0.3 is 17.0 Å². The standard InChI is InChI=1S/C8H13N2O.BrH/c1-8(11)3-4-10-6-5-9(2)7-10;/h5-7H,3-4H2,1-2H3;1H/q+1;/p-1. The Morgan fingerprint density at radius 2 is 2.25 bits per heavy atom. The number of Topliss-reactive ketones (excluding diaryl/α,β-unsaturated/α-hetero) is 1. The number of carbonyl (C=O) groups excluding carboxylic acids is 1. The van der Waals surface area contributed by atoms with Crippen LogP contribution in [-0.2, 0) is 18.4 Å². The summed E-state index contributed by atoms with van der Waals surface area (Å²) in [7, 11) is 1.96. The molecule has 0 atom stereocenters. The highest BCUT2D eigenvalue weighted by Crippen LogP contribution is 1.89. The van der Waals surface area contributed by atoms with E-state index in [1.54, 1.807) is 6.92 Å². The Labute approximate surface area is 82.8 Å². The third kappa shape index (κ3) is 3.67. The van der Waals surface area contributed by atoms with Crippen molar-refractivity contribution in [2.75, 3.05) is 0 Å². The minimum absolute atomic E-state index is 0. The highest BCUT2D eigenvalue weighted by Gasteiger charge is 2.00. The van der Waals surface area contributed by atoms with Gasteiger partial charge in [-0.15, -0.1) is 0 Å². The normalized spacial score (nSPS) is 9.17. The van der Waals surface area contributed by atoms with Gasteiger partial charge in [0, 0.05) is 6.42 Å². The van der Waals surface area contributed by atoms with Gasteiger partial charge in [0.25, 0.3) is 0 Å². The summed E-state index contributed by atoms with van der Waals surface area (Å²) in [6.45, 7) is 2.40. The fourth-order valence-corrected chi connectivity index (χ4v) is 0.921. The summed E-state index contributed by atoms with van der Waals surface area (Å²) < 4.78 is 3.96. The number of rotatable bonds is 3. The number of hydrogen-bond donors (Lipinski definition) is 0. The zero-order valence-corrected chi connectivity index (χ0v) is 8.91. The van der Waals surface area contributed by atoms with Gasteiger partial charge in [-0.3, -0.25) is 4.79 Å². The molecule has 1 rings (SSSR count). The van der Waals surface area contributed by atoms with Crippen LogP contribution in [0.3, 0.4) is 0 Å². The van der Waals surface area contributed by atoms with Crippen LogP contribution in [0.4, 0.5) is 0 Å². The van der Waals surface area contributed by atoms with Crippen LogP contribution in [0, 0.1) is 0 Å². The van der Waals surface area contributed by atoms with Gasteiger partial charge in [0.15, 0.2) is 0 Å². The van der Waals surface area contributed by atoms with Gasteiger partial charge in [0.05, 0.1) is 13.6 Å². The summed E-state index contributed by atoms with van der Waals surface area (Å²) in [5.74, 6) is 0.237. The molecule has 0 N–H and O–H groups in total. The number of aromatic nitrogens is 2. The largest absolute Gasteiger partial charge is 1.00 e. The average molecular weight is 233 g/mol. The van der Waals surface area contributed by atoms with Crippen LogP contribution in [0.2, 0.25) is 0 Å². The third-order valence-electron chi connectivity index (χ3n) is 1.55. The topological polar surface area (TPSA) is 25.9 Å². The van der Waals surface area contributed by atoms with E-state index < -0.39 is 0 Å². The summed E-state index contributed by atoms with van der Waals surface area (Å²) in [6.07, 6.45) is 6.50. The number of nitrogens with zero attached hydrogens (tertiary/aromatic N) is 2. The number of hydrogen-bond acceptors (Lipinski definition) is 1. The monoisotopic (exact) mass is 232 g/mol. The molecule has 0 amide bonds. The van der Waals surface area contributed by atoms with Crippen LogP contribution in [0.25, 0.3) is 0 Å². The summed E-state index contributed by atoms with van der Waals surface area (Å²) in [6, 6.07) is 0. The zero-order valence-electron chi connectivity index (χ0n) is 7.33. The molecule has 0 aromatic carbocycles. The minimum atomic E-state index is 0. The van der Waals surface area contributed by atoms with E-state index in [0.29, 0.717) is 6.42 Å². The first kappa shape index (κ1) is 11.4. The second-order valence-corrected chi connectivity index (χ2v) is 2.77. The van der Waals surface area contributed by atoms with Gasteiger partial charge in [0.2, 0.25) is 6.33 Å². The third-order valence-corrected chi connectivity index (χ3v) is 1.55. The number of aryl methyl sites for hydroxylation is 2. The van der Waals surface area contributed by atoms with Crippen LogP contribution in [0.1, 0.15) is 13.3 Å². The van der Waals surface area contributed by atoms with Crippen LogP contribution in [0.15, 0.2) is 18.7 Å². The van der Waals surface area contributed by atoms with Crippen LogP contribution < -0.4 is 21.5 Å². The quantitative estimate of drug-likeness (QED) is 0.521. The molecule has 1 heterocycles. The molecule has 0 saturated heterocycles. The fraction of sp³-hybridized carbons (Fsp3) is 0.500. The molecule has 68 valence electrons. The first-order valence-corrected chi connectivity index (χ1v) is 3.69. The Balaban J connectivity index is 0.00000121. The molecule has 0 aliphatic carbocycles. The molecule has 0 aliphatic rings. The van der Waals surface area contributed by atoms with Gasteiger partial charge in [-0.2, -0.15) is 0 Å². The van der Waals surface area contributed by atoms with Crippen molar-refractivity contribution < 1.29 is 26.3 Å². The maximum Gasteiger partial charge on any atom is 0.243 e. The lowest BCUT2D eigenvalue weighted by Crippen LogP contribution is -3.00. The van der Waals surface area contributed by atoms with Crippen LogP contribution >= 0.6 is 0 Å². The van der Waals surface area contributed by atoms with E-state index in [4.69, 9.17) is 0 Å². The lowest BCUT2D eigenvalue weighted by Gasteiger charge is -1.90. The highest BCUT2D eigenvalue weighted by atomic mass is 79.9. The lowest BCUT2D eigenvalue weighted by atomic mass is 10.3. The van der Waals surface area contributed by atoms with Gasteiger partial charge in [-0.25, -0.2) is 9.13 Å². The summed E-state index contributed by atoms with van der Waals surface area (Å²) >= 11 is 0. The molecule has 0 bridgehead atoms. The SMILES string of the molecule is CC(=O)CCn1cc[n+](C)c1.[Br-]. The molecular formula is C8H13BrN2O. The van der Waals surface area contributed by atoms with Crippen LogP contribution in [-0.4, -0.2) is 10.4 Å². The maximum atomic E-state index is 10.6. The van der Waals surface area contributed by atoms with E-state index in [9.17, 15) is 4.79 Å². The molecule has 3 nitrogen and oxygen atoms in total. The average Bonchev–Trinajstić information content (AvgIpc) is 2.31. The molecule has 0 aliphatic heterocycles. The molecule has 1 aromatic rings. The minimum Gasteiger partial charge on any atom is -1.00 e. The maximum absolute atomic E-state index is 10.6. The smallest absolute Gasteiger partial charge is 0.243 e. The molecule has 1 aromatic heterocycles. The van der Waals surface area contributed by atoms with Crippen molar-refractivity contribution in [3.8, 4) is 0 Å². The molecule has 0 radical (unpaired) electrons. The Kier molecular flexibility index (Phi) is 4.81. The molecule has 0 saturated carbocycles. The van der Waals surface area contributed by atoms with E-state index in [0.717, 1.165) is 6.54 Å². The van der Waals surface area contributed by atoms with E-state index in [1.165, 1.54) is 0 Å². The van der Waals surface area contributed by atoms with E-state index in [-0.39, 0.29) is 22.8 Å². The molecule has 4 heteroatoms. The Morgan fingerprint density at radius 3 is 2.67 bits per heavy atom. The van der Waals surface area contributed by atoms with Crippen molar-refractivity contribution >= 4 is 5.78 Å². The lowest BCUT2D eigenvalue weighted by molar-refractivity contribution is -0.671. The Morgan fingerprint density at radius 1 is 1.58 bits per heavy atom. The molecule has 0 unspecified atom stereocenters. The predicted octanol–water partition coefficient (Wildman–Crippen LogP) is -2.70. The molecule has 0 fully saturated rings. The van der Waals surface area contributed by atoms with Crippen molar-refractivity contribution in [3.63, 3.8) is 0 Å². The second-order valence-electron chi connectivity index (χ2n) is 2.77. The summed E-state index contributed by atoms with van der Waals surface area (Å²) in [5, 5.41) is 0. The van der Waals surface area contributed by atoms with E-state index in [1.807, 2.05) is 34.9 Å². The molecular weight excluding hydrogens is 220 g/mol. The van der Waals surface area contributed by atoms with Gasteiger partial charge in [-0.05, 0) is 6.92 Å². The van der Waals surface area contributed by atoms with E-state index >= 15 is 0 Å². The second kappa shape index (κ2) is 5.09. The van der Waals surface area contributed by atoms with Gasteiger partial charge >= 0.3 is 0 Å². The van der Waals surface area contributed by atoms with Gasteiger partial charge in [0.1, 0.15) is 18.2 Å². The number of carbonyl (C=O) groups is 1. The summed E-state index contributed by atoms with van der Waals surface area (Å²) in [5.41, 5.74) is 0. The van der Waals surface area contributed by atoms with E-state index in [2.05, 4.69) is 0 Å². The van der Waals surface area contributed by atoms with Crippen molar-refractivity contribution in [1.29, 1.82) is 0 Å². The first-order valence-electron chi connectivity index (χ1n) is 3.69. The van der Waals surface area contributed by atoms with Crippen molar-refractivity contribution in [2.24, 2.45) is 7.05 Å². The van der Waals surface area contributed by atoms with Crippen molar-refractivity contribution in [2.45, 2.75) is 19.9 Å². The summed E-state index contributed by atoms with van der Waals surface area (Å²) in [4.78, 5) is 10.6. The highest BCUT2D eigenvalue weighted by molar-refractivity contribution is 5.75. The molecule has 12 heavy (non-hydrogen) atoms. The number of ketones is 1. The number of halogens is 1. The van der Waals surface area contributed by atoms with Crippen molar-refractivity contribution in [3.05, 3.63) is 18.7 Å². The number of imidazole rings is 1. The zero-order chi connectivity index (χ0) is 8.27. The van der Waals surface area contributed by atoms with Crippen LogP contribution in [0.5, 0.6) is 0 Å². The van der Waals surface area contributed by atoms with Crippen molar-refractivity contribution in [1.82, 2.24) is 4.57 Å². The fourth-order valence-electron chi connectivity index (χ4n) is 0.921. The van der Waals surface area contributed by atoms with Gasteiger partial charge in [-0.1, -0.05) is 0 Å². The first-order chi connectivity index (χ1) is 5.18. The molecule has 0 spiro atoms. The predicted molar refractivity (Wildman–Crippen MR) is 40.9 cm³/mol.